The van der Waals surface area contributed by atoms with E-state index in [1.165, 1.54) is 0 Å². The van der Waals surface area contributed by atoms with Gasteiger partial charge in [0.05, 0.1) is 16.3 Å². The van der Waals surface area contributed by atoms with Gasteiger partial charge in [-0.15, -0.1) is 0 Å². The van der Waals surface area contributed by atoms with Crippen LogP contribution in [-0.2, 0) is 27.5 Å². The third kappa shape index (κ3) is 3.97. The molecule has 1 aliphatic heterocycles. The van der Waals surface area contributed by atoms with E-state index in [1.807, 2.05) is 51.1 Å². The molecule has 0 bridgehead atoms. The average Bonchev–Trinajstić information content (AvgIpc) is 3.14. The molecule has 0 aliphatic carbocycles. The summed E-state index contributed by atoms with van der Waals surface area (Å²) >= 11 is 0. The maximum Gasteiger partial charge on any atom is 0.410 e. The first-order chi connectivity index (χ1) is 15.6. The molecule has 0 saturated carbocycles. The highest BCUT2D eigenvalue weighted by Gasteiger charge is 2.29. The van der Waals surface area contributed by atoms with Crippen molar-refractivity contribution in [3.8, 4) is 0 Å². The Hall–Kier alpha value is -3.32. The molecule has 3 aromatic carbocycles. The molecule has 0 saturated heterocycles. The van der Waals surface area contributed by atoms with Crippen LogP contribution in [-0.4, -0.2) is 31.6 Å². The molecule has 5 rings (SSSR count). The van der Waals surface area contributed by atoms with Crippen LogP contribution in [0.3, 0.4) is 0 Å². The summed E-state index contributed by atoms with van der Waals surface area (Å²) in [5.74, 6) is 0.782. The molecular formula is C26H25NO5S. The van der Waals surface area contributed by atoms with Gasteiger partial charge in [0.25, 0.3) is 0 Å². The van der Waals surface area contributed by atoms with E-state index in [4.69, 9.17) is 9.15 Å². The number of hydrogen-bond donors (Lipinski definition) is 0. The lowest BCUT2D eigenvalue weighted by Gasteiger charge is -2.29. The van der Waals surface area contributed by atoms with Crippen molar-refractivity contribution < 1.29 is 22.4 Å². The van der Waals surface area contributed by atoms with Gasteiger partial charge in [0.2, 0.25) is 9.84 Å². The van der Waals surface area contributed by atoms with Gasteiger partial charge in [-0.3, -0.25) is 0 Å². The van der Waals surface area contributed by atoms with Crippen LogP contribution in [0.1, 0.15) is 32.1 Å². The van der Waals surface area contributed by atoms with Gasteiger partial charge >= 0.3 is 6.09 Å². The fourth-order valence-electron chi connectivity index (χ4n) is 4.18. The lowest BCUT2D eigenvalue weighted by atomic mass is 10.1. The Morgan fingerprint density at radius 1 is 0.970 bits per heavy atom. The molecule has 0 atom stereocenters. The maximum atomic E-state index is 13.4. The molecule has 33 heavy (non-hydrogen) atoms. The molecule has 7 heteroatoms. The van der Waals surface area contributed by atoms with Crippen LogP contribution in [0.2, 0.25) is 0 Å². The molecule has 2 heterocycles. The normalized spacial score (nSPS) is 14.5. The first-order valence-electron chi connectivity index (χ1n) is 10.9. The number of carbonyl (C=O) groups is 1. The topological polar surface area (TPSA) is 76.8 Å². The van der Waals surface area contributed by atoms with Crippen LogP contribution in [0.15, 0.2) is 74.9 Å². The SMILES string of the molecule is CC(C)(C)OC(=O)N1CCc2oc3ccc(S(=O)(=O)c4ccc5ccccc5c4)cc3c2C1. The summed E-state index contributed by atoms with van der Waals surface area (Å²) in [6.07, 6.45) is 0.165. The fourth-order valence-corrected chi connectivity index (χ4v) is 5.50. The van der Waals surface area contributed by atoms with Crippen molar-refractivity contribution in [3.63, 3.8) is 0 Å². The lowest BCUT2D eigenvalue weighted by Crippen LogP contribution is -2.39. The van der Waals surface area contributed by atoms with E-state index < -0.39 is 15.4 Å². The monoisotopic (exact) mass is 463 g/mol. The highest BCUT2D eigenvalue weighted by atomic mass is 32.2. The molecule has 0 fully saturated rings. The van der Waals surface area contributed by atoms with Gasteiger partial charge in [-0.2, -0.15) is 0 Å². The molecule has 1 aliphatic rings. The minimum atomic E-state index is -3.73. The molecule has 4 aromatic rings. The Morgan fingerprint density at radius 2 is 1.67 bits per heavy atom. The minimum Gasteiger partial charge on any atom is -0.461 e. The summed E-state index contributed by atoms with van der Waals surface area (Å²) in [6, 6.07) is 17.7. The summed E-state index contributed by atoms with van der Waals surface area (Å²) in [6.45, 7) is 6.30. The summed E-state index contributed by atoms with van der Waals surface area (Å²) in [5, 5.41) is 2.56. The number of nitrogens with zero attached hydrogens (tertiary/aromatic N) is 1. The highest BCUT2D eigenvalue weighted by Crippen LogP contribution is 2.34. The Kier molecular flexibility index (Phi) is 4.97. The predicted molar refractivity (Wildman–Crippen MR) is 126 cm³/mol. The van der Waals surface area contributed by atoms with E-state index in [0.717, 1.165) is 22.1 Å². The van der Waals surface area contributed by atoms with Crippen LogP contribution >= 0.6 is 0 Å². The van der Waals surface area contributed by atoms with E-state index in [9.17, 15) is 13.2 Å². The van der Waals surface area contributed by atoms with Crippen LogP contribution in [0.5, 0.6) is 0 Å². The third-order valence-corrected chi connectivity index (χ3v) is 7.55. The molecule has 0 N–H and O–H groups in total. The number of carbonyl (C=O) groups excluding carboxylic acids is 1. The molecule has 1 amide bonds. The summed E-state index contributed by atoms with van der Waals surface area (Å²) in [7, 11) is -3.73. The largest absolute Gasteiger partial charge is 0.461 e. The number of sulfone groups is 1. The van der Waals surface area contributed by atoms with E-state index >= 15 is 0 Å². The Balaban J connectivity index is 1.52. The Bertz CT molecular complexity index is 1490. The van der Waals surface area contributed by atoms with Crippen molar-refractivity contribution in [1.29, 1.82) is 0 Å². The molecule has 0 unspecified atom stereocenters. The van der Waals surface area contributed by atoms with Crippen molar-refractivity contribution in [1.82, 2.24) is 4.90 Å². The zero-order valence-corrected chi connectivity index (χ0v) is 19.6. The van der Waals surface area contributed by atoms with E-state index in [2.05, 4.69) is 0 Å². The van der Waals surface area contributed by atoms with E-state index in [-0.39, 0.29) is 15.9 Å². The fraction of sp³-hybridized carbons (Fsp3) is 0.269. The first-order valence-corrected chi connectivity index (χ1v) is 12.4. The molecular weight excluding hydrogens is 438 g/mol. The van der Waals surface area contributed by atoms with Crippen molar-refractivity contribution in [2.45, 2.75) is 49.1 Å². The lowest BCUT2D eigenvalue weighted by molar-refractivity contribution is 0.0220. The molecule has 0 radical (unpaired) electrons. The summed E-state index contributed by atoms with van der Waals surface area (Å²) < 4.78 is 38.3. The molecule has 170 valence electrons. The average molecular weight is 464 g/mol. The van der Waals surface area contributed by atoms with Crippen molar-refractivity contribution >= 4 is 37.7 Å². The third-order valence-electron chi connectivity index (χ3n) is 5.80. The number of furan rings is 1. The van der Waals surface area contributed by atoms with Gasteiger partial charge < -0.3 is 14.1 Å². The number of benzene rings is 3. The van der Waals surface area contributed by atoms with Gasteiger partial charge in [-0.05, 0) is 61.9 Å². The van der Waals surface area contributed by atoms with Crippen molar-refractivity contribution in [2.75, 3.05) is 6.54 Å². The van der Waals surface area contributed by atoms with Crippen LogP contribution < -0.4 is 0 Å². The Labute approximate surface area is 192 Å². The highest BCUT2D eigenvalue weighted by molar-refractivity contribution is 7.91. The van der Waals surface area contributed by atoms with Gasteiger partial charge in [-0.25, -0.2) is 13.2 Å². The van der Waals surface area contributed by atoms with E-state index in [0.29, 0.717) is 30.5 Å². The summed E-state index contributed by atoms with van der Waals surface area (Å²) in [4.78, 5) is 14.7. The van der Waals surface area contributed by atoms with Gasteiger partial charge in [0.1, 0.15) is 16.9 Å². The number of ether oxygens (including phenoxy) is 1. The van der Waals surface area contributed by atoms with E-state index in [1.54, 1.807) is 35.2 Å². The van der Waals surface area contributed by atoms with Crippen molar-refractivity contribution in [2.24, 2.45) is 0 Å². The Morgan fingerprint density at radius 3 is 2.42 bits per heavy atom. The van der Waals surface area contributed by atoms with Crippen molar-refractivity contribution in [3.05, 3.63) is 72.0 Å². The predicted octanol–water partition coefficient (Wildman–Crippen LogP) is 5.71. The summed E-state index contributed by atoms with van der Waals surface area (Å²) in [5.41, 5.74) is 0.859. The number of hydrogen-bond acceptors (Lipinski definition) is 5. The zero-order chi connectivity index (χ0) is 23.4. The number of amides is 1. The smallest absolute Gasteiger partial charge is 0.410 e. The molecule has 6 nitrogen and oxygen atoms in total. The molecule has 1 aromatic heterocycles. The second-order valence-electron chi connectivity index (χ2n) is 9.33. The second-order valence-corrected chi connectivity index (χ2v) is 11.3. The van der Waals surface area contributed by atoms with Crippen LogP contribution in [0.25, 0.3) is 21.7 Å². The number of rotatable bonds is 2. The van der Waals surface area contributed by atoms with Crippen LogP contribution in [0.4, 0.5) is 4.79 Å². The molecule has 0 spiro atoms. The maximum absolute atomic E-state index is 13.4. The van der Waals surface area contributed by atoms with Gasteiger partial charge in [0.15, 0.2) is 0 Å². The first kappa shape index (κ1) is 21.5. The number of fused-ring (bicyclic) bond motifs is 4. The van der Waals surface area contributed by atoms with Gasteiger partial charge in [0, 0.05) is 23.9 Å². The van der Waals surface area contributed by atoms with Crippen LogP contribution in [0, 0.1) is 0 Å². The minimum absolute atomic E-state index is 0.197. The standard InChI is InChI=1S/C26H25NO5S/c1-26(2,3)32-25(28)27-13-12-24-22(16-27)21-15-20(10-11-23(21)31-24)33(29,30)19-9-8-17-6-4-5-7-18(17)14-19/h4-11,14-15H,12-13,16H2,1-3H3. The quantitative estimate of drug-likeness (QED) is 0.380. The van der Waals surface area contributed by atoms with Gasteiger partial charge in [-0.1, -0.05) is 30.3 Å². The zero-order valence-electron chi connectivity index (χ0n) is 18.8. The second kappa shape index (κ2) is 7.63.